The molecule has 0 aromatic carbocycles. The summed E-state index contributed by atoms with van der Waals surface area (Å²) in [5, 5.41) is 5.41. The van der Waals surface area contributed by atoms with Gasteiger partial charge in [-0.15, -0.1) is 0 Å². The van der Waals surface area contributed by atoms with Gasteiger partial charge in [0, 0.05) is 13.7 Å². The largest absolute Gasteiger partial charge is 0.461 e. The van der Waals surface area contributed by atoms with E-state index >= 15 is 0 Å². The van der Waals surface area contributed by atoms with Crippen LogP contribution in [0.4, 0.5) is 11.9 Å². The first kappa shape index (κ1) is 15.9. The van der Waals surface area contributed by atoms with Crippen molar-refractivity contribution in [3.05, 3.63) is 0 Å². The number of amides is 1. The van der Waals surface area contributed by atoms with E-state index in [2.05, 4.69) is 25.6 Å². The number of hydrogen-bond donors (Lipinski definition) is 3. The number of nitrogens with one attached hydrogen (secondary N) is 2. The van der Waals surface area contributed by atoms with Crippen LogP contribution in [0.3, 0.4) is 0 Å². The van der Waals surface area contributed by atoms with Crippen LogP contribution in [0, 0.1) is 0 Å². The minimum Gasteiger partial charge on any atom is -0.461 e. The molecule has 1 heterocycles. The Kier molecular flexibility index (Phi) is 6.44. The SMILES string of the molecule is COCCNC(=O)CNc1nc(N)nc(OC(C)C)n1. The van der Waals surface area contributed by atoms with Gasteiger partial charge in [0.1, 0.15) is 0 Å². The Morgan fingerprint density at radius 2 is 2.10 bits per heavy atom. The van der Waals surface area contributed by atoms with Gasteiger partial charge in [-0.2, -0.15) is 15.0 Å². The highest BCUT2D eigenvalue weighted by Crippen LogP contribution is 2.09. The second kappa shape index (κ2) is 8.10. The van der Waals surface area contributed by atoms with Crippen LogP contribution < -0.4 is 21.1 Å². The molecule has 1 amide bonds. The molecule has 0 fully saturated rings. The van der Waals surface area contributed by atoms with E-state index < -0.39 is 0 Å². The lowest BCUT2D eigenvalue weighted by Crippen LogP contribution is -2.32. The molecule has 1 rings (SSSR count). The average molecular weight is 284 g/mol. The maximum Gasteiger partial charge on any atom is 0.323 e. The fourth-order valence-electron chi connectivity index (χ4n) is 1.23. The zero-order valence-corrected chi connectivity index (χ0v) is 11.8. The number of carbonyl (C=O) groups excluding carboxylic acids is 1. The summed E-state index contributed by atoms with van der Waals surface area (Å²) in [6.45, 7) is 4.61. The number of rotatable bonds is 8. The molecule has 9 nitrogen and oxygen atoms in total. The first-order chi connectivity index (χ1) is 9.51. The maximum absolute atomic E-state index is 11.5. The minimum absolute atomic E-state index is 0.0221. The third-order valence-electron chi connectivity index (χ3n) is 2.01. The second-order valence-corrected chi connectivity index (χ2v) is 4.16. The van der Waals surface area contributed by atoms with E-state index in [-0.39, 0.29) is 36.5 Å². The second-order valence-electron chi connectivity index (χ2n) is 4.16. The van der Waals surface area contributed by atoms with Gasteiger partial charge in [-0.1, -0.05) is 0 Å². The van der Waals surface area contributed by atoms with E-state index in [1.807, 2.05) is 13.8 Å². The third kappa shape index (κ3) is 6.14. The Morgan fingerprint density at radius 1 is 1.35 bits per heavy atom. The van der Waals surface area contributed by atoms with Crippen molar-refractivity contribution in [3.63, 3.8) is 0 Å². The lowest BCUT2D eigenvalue weighted by molar-refractivity contribution is -0.119. The van der Waals surface area contributed by atoms with Gasteiger partial charge in [0.25, 0.3) is 0 Å². The lowest BCUT2D eigenvalue weighted by atomic mass is 10.5. The predicted molar refractivity (Wildman–Crippen MR) is 73.4 cm³/mol. The molecule has 0 aliphatic carbocycles. The molecule has 9 heteroatoms. The van der Waals surface area contributed by atoms with E-state index in [1.54, 1.807) is 7.11 Å². The van der Waals surface area contributed by atoms with E-state index in [1.165, 1.54) is 0 Å². The topological polar surface area (TPSA) is 124 Å². The van der Waals surface area contributed by atoms with Crippen molar-refractivity contribution in [1.82, 2.24) is 20.3 Å². The van der Waals surface area contributed by atoms with Gasteiger partial charge in [0.15, 0.2) is 0 Å². The van der Waals surface area contributed by atoms with Crippen molar-refractivity contribution in [2.75, 3.05) is 37.9 Å². The van der Waals surface area contributed by atoms with E-state index in [4.69, 9.17) is 15.2 Å². The molecule has 0 atom stereocenters. The molecule has 0 bridgehead atoms. The smallest absolute Gasteiger partial charge is 0.323 e. The molecule has 4 N–H and O–H groups in total. The molecule has 0 spiro atoms. The standard InChI is InChI=1S/C11H20N6O3/c1-7(2)20-11-16-9(12)15-10(17-11)14-6-8(18)13-4-5-19-3/h7H,4-6H2,1-3H3,(H,13,18)(H3,12,14,15,16,17). The fourth-order valence-corrected chi connectivity index (χ4v) is 1.23. The van der Waals surface area contributed by atoms with Crippen molar-refractivity contribution >= 4 is 17.8 Å². The Bertz CT molecular complexity index is 440. The van der Waals surface area contributed by atoms with Crippen LogP contribution in [-0.2, 0) is 9.53 Å². The third-order valence-corrected chi connectivity index (χ3v) is 2.01. The Hall–Kier alpha value is -2.16. The Balaban J connectivity index is 2.50. The first-order valence-electron chi connectivity index (χ1n) is 6.19. The number of aromatic nitrogens is 3. The molecular formula is C11H20N6O3. The van der Waals surface area contributed by atoms with Crippen LogP contribution in [0.2, 0.25) is 0 Å². The number of nitrogens with zero attached hydrogens (tertiary/aromatic N) is 3. The van der Waals surface area contributed by atoms with Crippen LogP contribution >= 0.6 is 0 Å². The monoisotopic (exact) mass is 284 g/mol. The summed E-state index contributed by atoms with van der Waals surface area (Å²) in [6.07, 6.45) is -0.0815. The van der Waals surface area contributed by atoms with Crippen LogP contribution in [0.15, 0.2) is 0 Å². The summed E-state index contributed by atoms with van der Waals surface area (Å²) >= 11 is 0. The van der Waals surface area contributed by atoms with Crippen molar-refractivity contribution < 1.29 is 14.3 Å². The lowest BCUT2D eigenvalue weighted by Gasteiger charge is -2.10. The molecule has 0 aliphatic heterocycles. The fraction of sp³-hybridized carbons (Fsp3) is 0.636. The molecule has 0 saturated carbocycles. The normalized spacial score (nSPS) is 10.4. The van der Waals surface area contributed by atoms with Gasteiger partial charge in [-0.25, -0.2) is 0 Å². The molecule has 112 valence electrons. The van der Waals surface area contributed by atoms with E-state index in [9.17, 15) is 4.79 Å². The Morgan fingerprint density at radius 3 is 2.75 bits per heavy atom. The highest BCUT2D eigenvalue weighted by atomic mass is 16.5. The van der Waals surface area contributed by atoms with Crippen LogP contribution in [0.5, 0.6) is 6.01 Å². The zero-order valence-electron chi connectivity index (χ0n) is 11.8. The van der Waals surface area contributed by atoms with Gasteiger partial charge in [-0.3, -0.25) is 4.79 Å². The van der Waals surface area contributed by atoms with Crippen LogP contribution in [-0.4, -0.2) is 53.8 Å². The zero-order chi connectivity index (χ0) is 15.0. The number of hydrogen-bond acceptors (Lipinski definition) is 8. The van der Waals surface area contributed by atoms with Gasteiger partial charge < -0.3 is 25.8 Å². The molecule has 20 heavy (non-hydrogen) atoms. The molecule has 0 saturated heterocycles. The number of ether oxygens (including phenoxy) is 2. The summed E-state index contributed by atoms with van der Waals surface area (Å²) in [6, 6.07) is 0.120. The highest BCUT2D eigenvalue weighted by molar-refractivity contribution is 5.80. The van der Waals surface area contributed by atoms with Gasteiger partial charge in [-0.05, 0) is 13.8 Å². The number of methoxy groups -OCH3 is 1. The number of anilines is 2. The summed E-state index contributed by atoms with van der Waals surface area (Å²) in [5.74, 6) is 0.0142. The average Bonchev–Trinajstić information content (AvgIpc) is 2.35. The van der Waals surface area contributed by atoms with Crippen molar-refractivity contribution in [1.29, 1.82) is 0 Å². The molecule has 1 aromatic heterocycles. The predicted octanol–water partition coefficient (Wildman–Crippen LogP) is -0.584. The summed E-state index contributed by atoms with van der Waals surface area (Å²) < 4.78 is 10.1. The quantitative estimate of drug-likeness (QED) is 0.541. The number of nitrogens with two attached hydrogens (primary N) is 1. The minimum atomic E-state index is -0.202. The first-order valence-corrected chi connectivity index (χ1v) is 6.19. The molecule has 0 radical (unpaired) electrons. The summed E-state index contributed by atoms with van der Waals surface area (Å²) in [4.78, 5) is 23.2. The molecular weight excluding hydrogens is 264 g/mol. The molecule has 1 aromatic rings. The van der Waals surface area contributed by atoms with Crippen LogP contribution in [0.1, 0.15) is 13.8 Å². The molecule has 0 aliphatic rings. The van der Waals surface area contributed by atoms with Crippen molar-refractivity contribution in [2.24, 2.45) is 0 Å². The summed E-state index contributed by atoms with van der Waals surface area (Å²) in [5.41, 5.74) is 5.54. The molecule has 0 unspecified atom stereocenters. The van der Waals surface area contributed by atoms with Crippen molar-refractivity contribution in [3.8, 4) is 6.01 Å². The van der Waals surface area contributed by atoms with Crippen molar-refractivity contribution in [2.45, 2.75) is 20.0 Å². The number of carbonyl (C=O) groups is 1. The van der Waals surface area contributed by atoms with Gasteiger partial charge >= 0.3 is 6.01 Å². The number of nitrogen functional groups attached to an aromatic ring is 1. The van der Waals surface area contributed by atoms with Crippen LogP contribution in [0.25, 0.3) is 0 Å². The van der Waals surface area contributed by atoms with E-state index in [0.717, 1.165) is 0 Å². The van der Waals surface area contributed by atoms with Gasteiger partial charge in [0.2, 0.25) is 17.8 Å². The highest BCUT2D eigenvalue weighted by Gasteiger charge is 2.08. The maximum atomic E-state index is 11.5. The summed E-state index contributed by atoms with van der Waals surface area (Å²) in [7, 11) is 1.56. The van der Waals surface area contributed by atoms with Gasteiger partial charge in [0.05, 0.1) is 19.3 Å². The Labute approximate surface area is 117 Å². The van der Waals surface area contributed by atoms with E-state index in [0.29, 0.717) is 13.2 Å².